The van der Waals surface area contributed by atoms with Crippen LogP contribution < -0.4 is 14.8 Å². The van der Waals surface area contributed by atoms with Crippen LogP contribution in [0.3, 0.4) is 0 Å². The van der Waals surface area contributed by atoms with E-state index in [-0.39, 0.29) is 29.3 Å². The highest BCUT2D eigenvalue weighted by molar-refractivity contribution is 5.90. The molecule has 0 aliphatic carbocycles. The maximum Gasteiger partial charge on any atom is 0.407 e. The first-order valence-corrected chi connectivity index (χ1v) is 9.46. The minimum absolute atomic E-state index is 0.0273. The SMILES string of the molecule is CCNC(c1cnc(OC(C)c2cc(OC#N)ccc2F)c2ccccc12)C(F)(F)F. The Labute approximate surface area is 176 Å². The number of ether oxygens (including phenoxy) is 2. The Morgan fingerprint density at radius 1 is 1.13 bits per heavy atom. The number of alkyl halides is 3. The lowest BCUT2D eigenvalue weighted by Crippen LogP contribution is -2.34. The van der Waals surface area contributed by atoms with Crippen LogP contribution in [0.5, 0.6) is 11.6 Å². The monoisotopic (exact) mass is 433 g/mol. The number of rotatable bonds is 7. The molecule has 31 heavy (non-hydrogen) atoms. The van der Waals surface area contributed by atoms with Gasteiger partial charge >= 0.3 is 6.18 Å². The van der Waals surface area contributed by atoms with Crippen molar-refractivity contribution in [2.75, 3.05) is 6.54 Å². The molecular formula is C22H19F4N3O2. The van der Waals surface area contributed by atoms with E-state index < -0.39 is 24.1 Å². The van der Waals surface area contributed by atoms with Crippen molar-refractivity contribution in [1.29, 1.82) is 5.26 Å². The van der Waals surface area contributed by atoms with Crippen molar-refractivity contribution >= 4 is 10.8 Å². The molecule has 0 radical (unpaired) electrons. The van der Waals surface area contributed by atoms with Crippen molar-refractivity contribution in [3.63, 3.8) is 0 Å². The first-order chi connectivity index (χ1) is 14.8. The number of benzene rings is 2. The van der Waals surface area contributed by atoms with Crippen molar-refractivity contribution in [1.82, 2.24) is 10.3 Å². The van der Waals surface area contributed by atoms with Crippen molar-refractivity contribution < 1.29 is 27.0 Å². The minimum atomic E-state index is -4.51. The molecule has 0 aliphatic heterocycles. The first-order valence-electron chi connectivity index (χ1n) is 9.46. The van der Waals surface area contributed by atoms with Gasteiger partial charge in [-0.3, -0.25) is 0 Å². The van der Waals surface area contributed by atoms with E-state index >= 15 is 0 Å². The van der Waals surface area contributed by atoms with E-state index in [1.165, 1.54) is 18.4 Å². The fourth-order valence-electron chi connectivity index (χ4n) is 3.30. The highest BCUT2D eigenvalue weighted by atomic mass is 19.4. The highest BCUT2D eigenvalue weighted by Gasteiger charge is 2.41. The molecule has 2 unspecified atom stereocenters. The summed E-state index contributed by atoms with van der Waals surface area (Å²) in [6.07, 6.45) is -2.73. The van der Waals surface area contributed by atoms with Crippen molar-refractivity contribution in [2.24, 2.45) is 0 Å². The molecule has 3 aromatic rings. The zero-order valence-corrected chi connectivity index (χ0v) is 16.7. The number of halogens is 4. The van der Waals surface area contributed by atoms with Gasteiger partial charge in [0.05, 0.1) is 0 Å². The van der Waals surface area contributed by atoms with E-state index in [4.69, 9.17) is 14.7 Å². The molecule has 0 fully saturated rings. The van der Waals surface area contributed by atoms with Gasteiger partial charge in [0.1, 0.15) is 23.7 Å². The number of hydrogen-bond donors (Lipinski definition) is 1. The number of aromatic nitrogens is 1. The number of hydrogen-bond acceptors (Lipinski definition) is 5. The average molecular weight is 433 g/mol. The van der Waals surface area contributed by atoms with E-state index in [1.807, 2.05) is 0 Å². The van der Waals surface area contributed by atoms with Gasteiger partial charge in [-0.2, -0.15) is 13.2 Å². The summed E-state index contributed by atoms with van der Waals surface area (Å²) in [5.41, 5.74) is 0.0871. The summed E-state index contributed by atoms with van der Waals surface area (Å²) in [4.78, 5) is 4.11. The molecule has 9 heteroatoms. The summed E-state index contributed by atoms with van der Waals surface area (Å²) in [6.45, 7) is 3.27. The Morgan fingerprint density at radius 3 is 2.48 bits per heavy atom. The second-order valence-electron chi connectivity index (χ2n) is 6.73. The molecule has 0 bridgehead atoms. The van der Waals surface area contributed by atoms with Gasteiger partial charge < -0.3 is 14.8 Å². The van der Waals surface area contributed by atoms with Crippen LogP contribution in [0.15, 0.2) is 48.7 Å². The molecule has 0 saturated carbocycles. The molecule has 0 aliphatic rings. The van der Waals surface area contributed by atoms with Gasteiger partial charge in [0.2, 0.25) is 5.88 Å². The second-order valence-corrected chi connectivity index (χ2v) is 6.73. The molecular weight excluding hydrogens is 414 g/mol. The van der Waals surface area contributed by atoms with Crippen LogP contribution in [-0.2, 0) is 0 Å². The van der Waals surface area contributed by atoms with Crippen LogP contribution in [0.1, 0.15) is 37.1 Å². The lowest BCUT2D eigenvalue weighted by molar-refractivity contribution is -0.157. The van der Waals surface area contributed by atoms with Crippen LogP contribution in [0.25, 0.3) is 10.8 Å². The summed E-state index contributed by atoms with van der Waals surface area (Å²) in [7, 11) is 0. The molecule has 0 spiro atoms. The number of nitrogens with one attached hydrogen (secondary N) is 1. The molecule has 1 aromatic heterocycles. The number of nitriles is 1. The maximum atomic E-state index is 14.3. The van der Waals surface area contributed by atoms with Gasteiger partial charge in [-0.1, -0.05) is 25.1 Å². The summed E-state index contributed by atoms with van der Waals surface area (Å²) in [5, 5.41) is 11.8. The summed E-state index contributed by atoms with van der Waals surface area (Å²) < 4.78 is 65.6. The number of pyridine rings is 1. The Bertz CT molecular complexity index is 1110. The largest absolute Gasteiger partial charge is 0.469 e. The molecule has 1 N–H and O–H groups in total. The van der Waals surface area contributed by atoms with Gasteiger partial charge in [-0.25, -0.2) is 9.37 Å². The van der Waals surface area contributed by atoms with E-state index in [2.05, 4.69) is 10.3 Å². The van der Waals surface area contributed by atoms with Crippen LogP contribution in [0.2, 0.25) is 0 Å². The van der Waals surface area contributed by atoms with Crippen molar-refractivity contribution in [3.05, 3.63) is 65.6 Å². The minimum Gasteiger partial charge on any atom is -0.469 e. The third-order valence-corrected chi connectivity index (χ3v) is 4.69. The standard InChI is InChI=1S/C22H19F4N3O2/c1-3-28-20(22(24,25)26)18-11-29-21(16-7-5-4-6-15(16)18)31-13(2)17-10-14(30-12-27)8-9-19(17)23/h4-11,13,20,28H,3H2,1-2H3. The molecule has 2 atom stereocenters. The number of nitrogens with zero attached hydrogens (tertiary/aromatic N) is 2. The van der Waals surface area contributed by atoms with Crippen LogP contribution in [0.4, 0.5) is 17.6 Å². The lowest BCUT2D eigenvalue weighted by Gasteiger charge is -2.24. The quantitative estimate of drug-likeness (QED) is 0.389. The Hall–Kier alpha value is -3.38. The molecule has 3 rings (SSSR count). The zero-order chi connectivity index (χ0) is 22.6. The zero-order valence-electron chi connectivity index (χ0n) is 16.7. The van der Waals surface area contributed by atoms with Crippen LogP contribution >= 0.6 is 0 Å². The molecule has 2 aromatic carbocycles. The predicted molar refractivity (Wildman–Crippen MR) is 106 cm³/mol. The molecule has 0 saturated heterocycles. The predicted octanol–water partition coefficient (Wildman–Crippen LogP) is 5.59. The van der Waals surface area contributed by atoms with Crippen LogP contribution in [0, 0.1) is 17.3 Å². The van der Waals surface area contributed by atoms with E-state index in [9.17, 15) is 17.6 Å². The van der Waals surface area contributed by atoms with Gasteiger partial charge in [0.15, 0.2) is 0 Å². The van der Waals surface area contributed by atoms with E-state index in [1.54, 1.807) is 38.1 Å². The fourth-order valence-corrected chi connectivity index (χ4v) is 3.30. The summed E-state index contributed by atoms with van der Waals surface area (Å²) in [5.74, 6) is -0.376. The van der Waals surface area contributed by atoms with Crippen LogP contribution in [-0.4, -0.2) is 17.7 Å². The molecule has 1 heterocycles. The fraction of sp³-hybridized carbons (Fsp3) is 0.273. The van der Waals surface area contributed by atoms with Gasteiger partial charge in [0, 0.05) is 22.7 Å². The smallest absolute Gasteiger partial charge is 0.407 e. The molecule has 0 amide bonds. The van der Waals surface area contributed by atoms with E-state index in [0.717, 1.165) is 12.3 Å². The van der Waals surface area contributed by atoms with Crippen molar-refractivity contribution in [2.45, 2.75) is 32.2 Å². The maximum absolute atomic E-state index is 14.3. The topological polar surface area (TPSA) is 67.2 Å². The lowest BCUT2D eigenvalue weighted by atomic mass is 10.0. The highest BCUT2D eigenvalue weighted by Crippen LogP contribution is 2.38. The van der Waals surface area contributed by atoms with Gasteiger partial charge in [-0.15, -0.1) is 5.26 Å². The Morgan fingerprint density at radius 2 is 1.84 bits per heavy atom. The third-order valence-electron chi connectivity index (χ3n) is 4.69. The molecule has 5 nitrogen and oxygen atoms in total. The normalized spacial score (nSPS) is 13.5. The Kier molecular flexibility index (Phi) is 6.61. The average Bonchev–Trinajstić information content (AvgIpc) is 2.73. The van der Waals surface area contributed by atoms with Gasteiger partial charge in [-0.05, 0) is 43.1 Å². The molecule has 162 valence electrons. The third kappa shape index (κ3) is 4.86. The Balaban J connectivity index is 2.02. The second kappa shape index (κ2) is 9.18. The summed E-state index contributed by atoms with van der Waals surface area (Å²) >= 11 is 0. The van der Waals surface area contributed by atoms with Gasteiger partial charge in [0.25, 0.3) is 6.26 Å². The van der Waals surface area contributed by atoms with E-state index in [0.29, 0.717) is 10.8 Å². The first kappa shape index (κ1) is 22.3. The summed E-state index contributed by atoms with van der Waals surface area (Å²) in [6, 6.07) is 8.31. The number of fused-ring (bicyclic) bond motifs is 1. The van der Waals surface area contributed by atoms with Crippen molar-refractivity contribution in [3.8, 4) is 17.9 Å².